The smallest absolute Gasteiger partial charge is 0.335 e. The summed E-state index contributed by atoms with van der Waals surface area (Å²) in [5.74, 6) is -0.994. The second-order valence-corrected chi connectivity index (χ2v) is 7.79. The van der Waals surface area contributed by atoms with Gasteiger partial charge < -0.3 is 10.4 Å². The molecule has 108 valence electrons. The standard InChI is InChI=1S/C14H17NO4S/c16-13(17)10-3-4-11-12(7-10)20(18,19)9-14(8-15-11)5-1-2-6-14/h3-4,7,15H,1-2,5-6,8-9H2,(H,16,17). The molecular formula is C14H17NO4S. The van der Waals surface area contributed by atoms with Gasteiger partial charge in [-0.25, -0.2) is 13.2 Å². The highest BCUT2D eigenvalue weighted by molar-refractivity contribution is 7.91. The van der Waals surface area contributed by atoms with Gasteiger partial charge in [-0.1, -0.05) is 12.8 Å². The van der Waals surface area contributed by atoms with Crippen LogP contribution in [0.5, 0.6) is 0 Å². The average Bonchev–Trinajstić information content (AvgIpc) is 2.79. The lowest BCUT2D eigenvalue weighted by atomic mass is 9.88. The van der Waals surface area contributed by atoms with Crippen molar-refractivity contribution < 1.29 is 18.3 Å². The Morgan fingerprint density at radius 3 is 2.60 bits per heavy atom. The van der Waals surface area contributed by atoms with Crippen molar-refractivity contribution >= 4 is 21.5 Å². The molecule has 20 heavy (non-hydrogen) atoms. The monoisotopic (exact) mass is 295 g/mol. The number of hydrogen-bond donors (Lipinski definition) is 2. The molecule has 1 aromatic rings. The van der Waals surface area contributed by atoms with Crippen molar-refractivity contribution in [2.24, 2.45) is 5.41 Å². The van der Waals surface area contributed by atoms with Crippen LogP contribution in [0.3, 0.4) is 0 Å². The van der Waals surface area contributed by atoms with Gasteiger partial charge in [0, 0.05) is 12.0 Å². The van der Waals surface area contributed by atoms with Gasteiger partial charge in [0.25, 0.3) is 0 Å². The molecule has 1 spiro atoms. The molecule has 6 heteroatoms. The highest BCUT2D eigenvalue weighted by atomic mass is 32.2. The van der Waals surface area contributed by atoms with Crippen LogP contribution in [0.15, 0.2) is 23.1 Å². The molecule has 1 aliphatic carbocycles. The molecule has 0 atom stereocenters. The van der Waals surface area contributed by atoms with Gasteiger partial charge in [0.05, 0.1) is 21.9 Å². The number of carbonyl (C=O) groups is 1. The number of hydrogen-bond acceptors (Lipinski definition) is 4. The van der Waals surface area contributed by atoms with E-state index in [4.69, 9.17) is 5.11 Å². The molecule has 0 amide bonds. The molecule has 0 saturated heterocycles. The van der Waals surface area contributed by atoms with Crippen LogP contribution in [-0.2, 0) is 9.84 Å². The minimum atomic E-state index is -3.45. The van der Waals surface area contributed by atoms with Crippen LogP contribution in [0.1, 0.15) is 36.0 Å². The summed E-state index contributed by atoms with van der Waals surface area (Å²) in [6, 6.07) is 4.27. The number of anilines is 1. The molecule has 1 heterocycles. The second-order valence-electron chi connectivity index (χ2n) is 5.84. The lowest BCUT2D eigenvalue weighted by Gasteiger charge is -2.26. The highest BCUT2D eigenvalue weighted by Crippen LogP contribution is 2.43. The number of nitrogens with one attached hydrogen (secondary N) is 1. The van der Waals surface area contributed by atoms with Gasteiger partial charge in [0.15, 0.2) is 9.84 Å². The van der Waals surface area contributed by atoms with E-state index < -0.39 is 15.8 Å². The molecule has 0 aromatic heterocycles. The fourth-order valence-electron chi connectivity index (χ4n) is 3.32. The fraction of sp³-hybridized carbons (Fsp3) is 0.500. The van der Waals surface area contributed by atoms with Gasteiger partial charge in [-0.15, -0.1) is 0 Å². The van der Waals surface area contributed by atoms with Crippen LogP contribution in [0.4, 0.5) is 5.69 Å². The Labute approximate surface area is 117 Å². The summed E-state index contributed by atoms with van der Waals surface area (Å²) in [6.45, 7) is 0.644. The van der Waals surface area contributed by atoms with Crippen molar-refractivity contribution in [3.63, 3.8) is 0 Å². The van der Waals surface area contributed by atoms with Gasteiger partial charge in [-0.2, -0.15) is 0 Å². The molecule has 2 aliphatic rings. The van der Waals surface area contributed by atoms with Crippen molar-refractivity contribution in [3.8, 4) is 0 Å². The van der Waals surface area contributed by atoms with Gasteiger partial charge in [0.2, 0.25) is 0 Å². The third-order valence-corrected chi connectivity index (χ3v) is 6.38. The molecule has 0 bridgehead atoms. The second kappa shape index (κ2) is 4.48. The number of rotatable bonds is 1. The lowest BCUT2D eigenvalue weighted by Crippen LogP contribution is -2.31. The Balaban J connectivity index is 2.08. The minimum absolute atomic E-state index is 0.0106. The predicted molar refractivity (Wildman–Crippen MR) is 74.8 cm³/mol. The summed E-state index contributed by atoms with van der Waals surface area (Å²) in [7, 11) is -3.45. The number of benzene rings is 1. The Bertz CT molecular complexity index is 660. The van der Waals surface area contributed by atoms with Crippen molar-refractivity contribution in [2.45, 2.75) is 30.6 Å². The lowest BCUT2D eigenvalue weighted by molar-refractivity contribution is 0.0696. The number of fused-ring (bicyclic) bond motifs is 1. The quantitative estimate of drug-likeness (QED) is 0.829. The van der Waals surface area contributed by atoms with E-state index in [1.165, 1.54) is 12.1 Å². The Morgan fingerprint density at radius 2 is 1.95 bits per heavy atom. The Hall–Kier alpha value is -1.56. The zero-order valence-electron chi connectivity index (χ0n) is 11.1. The third-order valence-electron chi connectivity index (χ3n) is 4.38. The first-order valence-corrected chi connectivity index (χ1v) is 8.41. The molecular weight excluding hydrogens is 278 g/mol. The number of carboxylic acids is 1. The van der Waals surface area contributed by atoms with E-state index in [0.29, 0.717) is 12.2 Å². The van der Waals surface area contributed by atoms with Crippen LogP contribution < -0.4 is 5.32 Å². The summed E-state index contributed by atoms with van der Waals surface area (Å²) in [4.78, 5) is 11.1. The fourth-order valence-corrected chi connectivity index (χ4v) is 5.45. The van der Waals surface area contributed by atoms with E-state index in [-0.39, 0.29) is 21.6 Å². The van der Waals surface area contributed by atoms with Crippen LogP contribution in [0.2, 0.25) is 0 Å². The van der Waals surface area contributed by atoms with Crippen molar-refractivity contribution in [3.05, 3.63) is 23.8 Å². The maximum absolute atomic E-state index is 12.6. The summed E-state index contributed by atoms with van der Waals surface area (Å²) in [5, 5.41) is 12.2. The predicted octanol–water partition coefficient (Wildman–Crippen LogP) is 2.14. The summed E-state index contributed by atoms with van der Waals surface area (Å²) < 4.78 is 25.2. The number of carboxylic acid groups (broad SMARTS) is 1. The summed E-state index contributed by atoms with van der Waals surface area (Å²) in [6.07, 6.45) is 3.96. The van der Waals surface area contributed by atoms with Crippen molar-refractivity contribution in [1.29, 1.82) is 0 Å². The molecule has 1 aliphatic heterocycles. The molecule has 1 fully saturated rings. The molecule has 0 radical (unpaired) electrons. The van der Waals surface area contributed by atoms with E-state index >= 15 is 0 Å². The maximum Gasteiger partial charge on any atom is 0.335 e. The van der Waals surface area contributed by atoms with Crippen molar-refractivity contribution in [2.75, 3.05) is 17.6 Å². The summed E-state index contributed by atoms with van der Waals surface area (Å²) in [5.41, 5.74) is 0.344. The van der Waals surface area contributed by atoms with Gasteiger partial charge in [0.1, 0.15) is 0 Å². The zero-order chi connectivity index (χ0) is 14.4. The van der Waals surface area contributed by atoms with E-state index in [9.17, 15) is 13.2 Å². The van der Waals surface area contributed by atoms with Crippen molar-refractivity contribution in [1.82, 2.24) is 0 Å². The third kappa shape index (κ3) is 2.18. The molecule has 0 unspecified atom stereocenters. The van der Waals surface area contributed by atoms with E-state index in [0.717, 1.165) is 25.7 Å². The number of sulfone groups is 1. The zero-order valence-corrected chi connectivity index (χ0v) is 11.9. The number of aromatic carboxylic acids is 1. The van der Waals surface area contributed by atoms with Gasteiger partial charge >= 0.3 is 5.97 Å². The maximum atomic E-state index is 12.6. The van der Waals surface area contributed by atoms with Crippen LogP contribution in [0, 0.1) is 5.41 Å². The molecule has 2 N–H and O–H groups in total. The van der Waals surface area contributed by atoms with Gasteiger partial charge in [-0.05, 0) is 31.0 Å². The summed E-state index contributed by atoms with van der Waals surface area (Å²) >= 11 is 0. The molecule has 1 saturated carbocycles. The van der Waals surface area contributed by atoms with Crippen LogP contribution in [0.25, 0.3) is 0 Å². The average molecular weight is 295 g/mol. The molecule has 5 nitrogen and oxygen atoms in total. The highest BCUT2D eigenvalue weighted by Gasteiger charge is 2.41. The molecule has 1 aromatic carbocycles. The van der Waals surface area contributed by atoms with E-state index in [1.54, 1.807) is 6.07 Å². The van der Waals surface area contributed by atoms with E-state index in [1.807, 2.05) is 0 Å². The topological polar surface area (TPSA) is 83.5 Å². The molecule has 3 rings (SSSR count). The largest absolute Gasteiger partial charge is 0.478 e. The van der Waals surface area contributed by atoms with Crippen LogP contribution in [-0.4, -0.2) is 31.8 Å². The van der Waals surface area contributed by atoms with Crippen LogP contribution >= 0.6 is 0 Å². The van der Waals surface area contributed by atoms with E-state index in [2.05, 4.69) is 5.32 Å². The Kier molecular flexibility index (Phi) is 3.01. The first-order valence-electron chi connectivity index (χ1n) is 6.76. The SMILES string of the molecule is O=C(O)c1ccc2c(c1)S(=O)(=O)CC1(CCCC1)CN2. The Morgan fingerprint density at radius 1 is 1.25 bits per heavy atom. The van der Waals surface area contributed by atoms with Gasteiger partial charge in [-0.3, -0.25) is 0 Å². The normalized spacial score (nSPS) is 22.8. The first kappa shape index (κ1) is 13.4. The first-order chi connectivity index (χ1) is 9.42. The minimum Gasteiger partial charge on any atom is -0.478 e.